The van der Waals surface area contributed by atoms with Crippen molar-refractivity contribution >= 4 is 29.6 Å². The van der Waals surface area contributed by atoms with E-state index >= 15 is 0 Å². The van der Waals surface area contributed by atoms with Crippen LogP contribution in [0.1, 0.15) is 37.6 Å². The maximum absolute atomic E-state index is 12.7. The standard InChI is InChI=1S/C22H28N6O3S/c1-14-6-8-27(9-7-14)20(30)13-32-22-26-25-18(11-16-12-19(29)24-21(31)23-16)28(22)17-5-3-4-15(2)10-17/h3-5,10,14,16H,6-9,11-13H2,1-2H3,(H2,23,24,29,31). The molecule has 2 fully saturated rings. The van der Waals surface area contributed by atoms with Gasteiger partial charge in [0.25, 0.3) is 0 Å². The van der Waals surface area contributed by atoms with Gasteiger partial charge >= 0.3 is 6.03 Å². The predicted octanol–water partition coefficient (Wildman–Crippen LogP) is 2.07. The minimum Gasteiger partial charge on any atom is -0.342 e. The lowest BCUT2D eigenvalue weighted by Gasteiger charge is -2.30. The first kappa shape index (κ1) is 22.3. The Morgan fingerprint density at radius 1 is 1.22 bits per heavy atom. The second kappa shape index (κ2) is 9.72. The number of thioether (sulfide) groups is 1. The molecular formula is C22H28N6O3S. The van der Waals surface area contributed by atoms with Crippen molar-refractivity contribution in [2.24, 2.45) is 5.92 Å². The van der Waals surface area contributed by atoms with Crippen molar-refractivity contribution in [1.29, 1.82) is 0 Å². The van der Waals surface area contributed by atoms with Gasteiger partial charge in [0, 0.05) is 37.7 Å². The molecule has 32 heavy (non-hydrogen) atoms. The molecule has 2 saturated heterocycles. The third kappa shape index (κ3) is 5.29. The Morgan fingerprint density at radius 2 is 2.00 bits per heavy atom. The lowest BCUT2D eigenvalue weighted by atomic mass is 9.99. The van der Waals surface area contributed by atoms with Crippen LogP contribution in [0.5, 0.6) is 0 Å². The number of carbonyl (C=O) groups is 3. The molecule has 2 aliphatic heterocycles. The second-order valence-corrected chi connectivity index (χ2v) is 9.49. The molecule has 4 rings (SSSR count). The van der Waals surface area contributed by atoms with Crippen LogP contribution in [0.3, 0.4) is 0 Å². The molecule has 0 bridgehead atoms. The van der Waals surface area contributed by atoms with E-state index < -0.39 is 6.03 Å². The van der Waals surface area contributed by atoms with Gasteiger partial charge < -0.3 is 10.2 Å². The average molecular weight is 457 g/mol. The first-order valence-electron chi connectivity index (χ1n) is 10.9. The van der Waals surface area contributed by atoms with Gasteiger partial charge in [0.1, 0.15) is 5.82 Å². The number of hydrogen-bond acceptors (Lipinski definition) is 6. The molecule has 3 heterocycles. The van der Waals surface area contributed by atoms with Crippen LogP contribution in [0, 0.1) is 12.8 Å². The number of carbonyl (C=O) groups excluding carboxylic acids is 3. The molecule has 1 aromatic carbocycles. The van der Waals surface area contributed by atoms with Gasteiger partial charge in [0.2, 0.25) is 11.8 Å². The number of urea groups is 1. The summed E-state index contributed by atoms with van der Waals surface area (Å²) in [5.41, 5.74) is 1.97. The number of aryl methyl sites for hydroxylation is 1. The monoisotopic (exact) mass is 456 g/mol. The lowest BCUT2D eigenvalue weighted by Crippen LogP contribution is -2.53. The number of nitrogens with one attached hydrogen (secondary N) is 2. The first-order chi connectivity index (χ1) is 15.4. The highest BCUT2D eigenvalue weighted by molar-refractivity contribution is 7.99. The van der Waals surface area contributed by atoms with Crippen molar-refractivity contribution in [2.45, 2.75) is 50.7 Å². The number of benzene rings is 1. The lowest BCUT2D eigenvalue weighted by molar-refractivity contribution is -0.129. The van der Waals surface area contributed by atoms with Crippen LogP contribution in [-0.4, -0.2) is 62.4 Å². The Bertz CT molecular complexity index is 999. The highest BCUT2D eigenvalue weighted by Gasteiger charge is 2.27. The van der Waals surface area contributed by atoms with E-state index in [1.807, 2.05) is 40.7 Å². The summed E-state index contributed by atoms with van der Waals surface area (Å²) in [5.74, 6) is 1.40. The van der Waals surface area contributed by atoms with Gasteiger partial charge in [-0.05, 0) is 43.4 Å². The number of likely N-dealkylation sites (tertiary alicyclic amines) is 1. The third-order valence-electron chi connectivity index (χ3n) is 5.87. The number of piperidine rings is 1. The van der Waals surface area contributed by atoms with Crippen LogP contribution in [0.15, 0.2) is 29.4 Å². The van der Waals surface area contributed by atoms with Crippen LogP contribution >= 0.6 is 11.8 Å². The summed E-state index contributed by atoms with van der Waals surface area (Å²) in [6.45, 7) is 5.84. The number of hydrogen-bond donors (Lipinski definition) is 2. The number of aromatic nitrogens is 3. The summed E-state index contributed by atoms with van der Waals surface area (Å²) in [7, 11) is 0. The van der Waals surface area contributed by atoms with E-state index in [1.54, 1.807) is 0 Å². The maximum atomic E-state index is 12.7. The van der Waals surface area contributed by atoms with Crippen molar-refractivity contribution in [3.63, 3.8) is 0 Å². The molecule has 0 radical (unpaired) electrons. The van der Waals surface area contributed by atoms with Gasteiger partial charge in [-0.3, -0.25) is 19.5 Å². The number of nitrogens with zero attached hydrogens (tertiary/aromatic N) is 4. The van der Waals surface area contributed by atoms with Crippen LogP contribution in [-0.2, 0) is 16.0 Å². The molecule has 2 aliphatic rings. The van der Waals surface area contributed by atoms with E-state index in [2.05, 4.69) is 27.8 Å². The molecule has 0 saturated carbocycles. The zero-order chi connectivity index (χ0) is 22.7. The summed E-state index contributed by atoms with van der Waals surface area (Å²) in [6.07, 6.45) is 2.63. The molecule has 10 heteroatoms. The van der Waals surface area contributed by atoms with Crippen molar-refractivity contribution in [2.75, 3.05) is 18.8 Å². The summed E-state index contributed by atoms with van der Waals surface area (Å²) in [6, 6.07) is 7.09. The molecule has 0 spiro atoms. The van der Waals surface area contributed by atoms with Crippen molar-refractivity contribution in [1.82, 2.24) is 30.3 Å². The average Bonchev–Trinajstić information content (AvgIpc) is 3.14. The minimum atomic E-state index is -0.496. The maximum Gasteiger partial charge on any atom is 0.321 e. The van der Waals surface area contributed by atoms with Crippen LogP contribution in [0.4, 0.5) is 4.79 Å². The molecule has 4 amide bonds. The summed E-state index contributed by atoms with van der Waals surface area (Å²) >= 11 is 1.37. The van der Waals surface area contributed by atoms with Gasteiger partial charge in [0.15, 0.2) is 5.16 Å². The fourth-order valence-electron chi connectivity index (χ4n) is 4.05. The highest BCUT2D eigenvalue weighted by atomic mass is 32.2. The third-order valence-corrected chi connectivity index (χ3v) is 6.78. The quantitative estimate of drug-likeness (QED) is 0.644. The fourth-order valence-corrected chi connectivity index (χ4v) is 4.92. The summed E-state index contributed by atoms with van der Waals surface area (Å²) in [4.78, 5) is 38.1. The van der Waals surface area contributed by atoms with E-state index in [-0.39, 0.29) is 24.3 Å². The number of rotatable bonds is 6. The Balaban J connectivity index is 1.53. The molecule has 2 aromatic rings. The molecule has 1 unspecified atom stereocenters. The van der Waals surface area contributed by atoms with Crippen LogP contribution in [0.2, 0.25) is 0 Å². The van der Waals surface area contributed by atoms with Crippen molar-refractivity contribution in [3.8, 4) is 5.69 Å². The SMILES string of the molecule is Cc1cccc(-n2c(CC3CC(=O)NC(=O)N3)nnc2SCC(=O)N2CCC(C)CC2)c1. The van der Waals surface area contributed by atoms with Gasteiger partial charge in [-0.1, -0.05) is 30.8 Å². The molecule has 0 aliphatic carbocycles. The topological polar surface area (TPSA) is 109 Å². The Hall–Kier alpha value is -2.88. The Kier molecular flexibility index (Phi) is 6.78. The Morgan fingerprint density at radius 3 is 2.72 bits per heavy atom. The van der Waals surface area contributed by atoms with E-state index in [4.69, 9.17) is 0 Å². The predicted molar refractivity (Wildman–Crippen MR) is 121 cm³/mol. The zero-order valence-electron chi connectivity index (χ0n) is 18.3. The molecular weight excluding hydrogens is 428 g/mol. The Labute approximate surface area is 191 Å². The zero-order valence-corrected chi connectivity index (χ0v) is 19.2. The molecule has 1 aromatic heterocycles. The van der Waals surface area contributed by atoms with E-state index in [0.29, 0.717) is 29.1 Å². The van der Waals surface area contributed by atoms with Gasteiger partial charge in [0.05, 0.1) is 5.75 Å². The van der Waals surface area contributed by atoms with Crippen LogP contribution < -0.4 is 10.6 Å². The van der Waals surface area contributed by atoms with Crippen molar-refractivity contribution in [3.05, 3.63) is 35.7 Å². The van der Waals surface area contributed by atoms with Gasteiger partial charge in [-0.25, -0.2) is 4.79 Å². The highest BCUT2D eigenvalue weighted by Crippen LogP contribution is 2.25. The van der Waals surface area contributed by atoms with E-state index in [1.165, 1.54) is 11.8 Å². The first-order valence-corrected chi connectivity index (χ1v) is 11.9. The summed E-state index contributed by atoms with van der Waals surface area (Å²) in [5, 5.41) is 14.3. The van der Waals surface area contributed by atoms with E-state index in [0.717, 1.165) is 37.2 Å². The fraction of sp³-hybridized carbons (Fsp3) is 0.500. The number of amides is 4. The molecule has 9 nitrogen and oxygen atoms in total. The van der Waals surface area contributed by atoms with E-state index in [9.17, 15) is 14.4 Å². The largest absolute Gasteiger partial charge is 0.342 e. The summed E-state index contributed by atoms with van der Waals surface area (Å²) < 4.78 is 1.92. The molecule has 1 atom stereocenters. The van der Waals surface area contributed by atoms with Crippen LogP contribution in [0.25, 0.3) is 5.69 Å². The molecule has 2 N–H and O–H groups in total. The van der Waals surface area contributed by atoms with Gasteiger partial charge in [-0.15, -0.1) is 10.2 Å². The van der Waals surface area contributed by atoms with Gasteiger partial charge in [-0.2, -0.15) is 0 Å². The smallest absolute Gasteiger partial charge is 0.321 e. The normalized spacial score (nSPS) is 19.6. The minimum absolute atomic E-state index is 0.110. The number of imide groups is 1. The van der Waals surface area contributed by atoms with Crippen molar-refractivity contribution < 1.29 is 14.4 Å². The second-order valence-electron chi connectivity index (χ2n) is 8.55. The molecule has 170 valence electrons.